The Balaban J connectivity index is 2.06. The van der Waals surface area contributed by atoms with Crippen molar-refractivity contribution < 1.29 is 0 Å². The molecule has 52 valence electrons. The van der Waals surface area contributed by atoms with Crippen LogP contribution in [0.15, 0.2) is 0 Å². The standard InChI is InChI=1S/C7H12ClN/c8-7-5-9-3-1-6(7)2-4-9/h6-7H,1-5H2/t7-/m0/s1. The minimum absolute atomic E-state index is 0.465. The Morgan fingerprint density at radius 1 is 1.22 bits per heavy atom. The van der Waals surface area contributed by atoms with Crippen molar-refractivity contribution >= 4 is 11.6 Å². The number of hydrogen-bond acceptors (Lipinski definition) is 1. The van der Waals surface area contributed by atoms with Crippen LogP contribution in [0.5, 0.6) is 0 Å². The molecular formula is C7H12ClN. The van der Waals surface area contributed by atoms with Crippen LogP contribution in [-0.2, 0) is 0 Å². The van der Waals surface area contributed by atoms with Crippen molar-refractivity contribution in [3.8, 4) is 0 Å². The van der Waals surface area contributed by atoms with Gasteiger partial charge in [0.2, 0.25) is 0 Å². The first-order chi connectivity index (χ1) is 4.36. The summed E-state index contributed by atoms with van der Waals surface area (Å²) in [7, 11) is 0. The second-order valence-electron chi connectivity index (χ2n) is 3.15. The van der Waals surface area contributed by atoms with Crippen molar-refractivity contribution in [2.45, 2.75) is 18.2 Å². The number of nitrogens with zero attached hydrogens (tertiary/aromatic N) is 1. The van der Waals surface area contributed by atoms with E-state index < -0.39 is 0 Å². The van der Waals surface area contributed by atoms with E-state index in [-0.39, 0.29) is 0 Å². The lowest BCUT2D eigenvalue weighted by molar-refractivity contribution is 0.116. The summed E-state index contributed by atoms with van der Waals surface area (Å²) in [6.07, 6.45) is 2.68. The van der Waals surface area contributed by atoms with Crippen LogP contribution in [-0.4, -0.2) is 29.9 Å². The Morgan fingerprint density at radius 2 is 1.89 bits per heavy atom. The third kappa shape index (κ3) is 0.968. The summed E-state index contributed by atoms with van der Waals surface area (Å²) in [6, 6.07) is 0. The van der Waals surface area contributed by atoms with E-state index in [9.17, 15) is 0 Å². The molecule has 3 saturated heterocycles. The van der Waals surface area contributed by atoms with Crippen LogP contribution in [0.4, 0.5) is 0 Å². The first-order valence-electron chi connectivity index (χ1n) is 3.72. The van der Waals surface area contributed by atoms with E-state index in [0.717, 1.165) is 12.5 Å². The Labute approximate surface area is 61.0 Å². The Hall–Kier alpha value is 0.250. The van der Waals surface area contributed by atoms with Crippen LogP contribution >= 0.6 is 11.6 Å². The molecule has 2 bridgehead atoms. The highest BCUT2D eigenvalue weighted by Crippen LogP contribution is 2.30. The molecule has 3 rings (SSSR count). The van der Waals surface area contributed by atoms with Crippen molar-refractivity contribution in [3.05, 3.63) is 0 Å². The normalized spacial score (nSPS) is 49.7. The summed E-state index contributed by atoms with van der Waals surface area (Å²) in [4.78, 5) is 2.47. The largest absolute Gasteiger partial charge is 0.302 e. The van der Waals surface area contributed by atoms with Gasteiger partial charge >= 0.3 is 0 Å². The summed E-state index contributed by atoms with van der Waals surface area (Å²) >= 11 is 6.07. The summed E-state index contributed by atoms with van der Waals surface area (Å²) in [5.74, 6) is 0.844. The van der Waals surface area contributed by atoms with E-state index in [1.54, 1.807) is 0 Å². The molecule has 0 aromatic carbocycles. The van der Waals surface area contributed by atoms with Crippen LogP contribution in [0.25, 0.3) is 0 Å². The summed E-state index contributed by atoms with van der Waals surface area (Å²) in [5, 5.41) is 0.465. The Bertz CT molecular complexity index is 107. The van der Waals surface area contributed by atoms with Gasteiger partial charge in [-0.15, -0.1) is 11.6 Å². The van der Waals surface area contributed by atoms with Gasteiger partial charge in [-0.25, -0.2) is 0 Å². The lowest BCUT2D eigenvalue weighted by atomic mass is 9.88. The minimum Gasteiger partial charge on any atom is -0.302 e. The molecule has 0 saturated carbocycles. The lowest BCUT2D eigenvalue weighted by Gasteiger charge is -2.42. The zero-order valence-corrected chi connectivity index (χ0v) is 6.27. The van der Waals surface area contributed by atoms with Gasteiger partial charge in [0.25, 0.3) is 0 Å². The van der Waals surface area contributed by atoms with Gasteiger partial charge in [-0.3, -0.25) is 0 Å². The summed E-state index contributed by atoms with van der Waals surface area (Å²) in [5.41, 5.74) is 0. The molecule has 1 atom stereocenters. The average molecular weight is 146 g/mol. The van der Waals surface area contributed by atoms with E-state index in [1.165, 1.54) is 25.9 Å². The SMILES string of the molecule is Cl[C@H]1CN2CCC1CC2. The molecule has 1 nitrogen and oxygen atoms in total. The van der Waals surface area contributed by atoms with Crippen LogP contribution in [0, 0.1) is 5.92 Å². The molecule has 3 heterocycles. The molecule has 0 radical (unpaired) electrons. The van der Waals surface area contributed by atoms with E-state index >= 15 is 0 Å². The van der Waals surface area contributed by atoms with Gasteiger partial charge in [-0.1, -0.05) is 0 Å². The van der Waals surface area contributed by atoms with Gasteiger partial charge in [0.1, 0.15) is 0 Å². The molecule has 0 aliphatic carbocycles. The molecule has 2 heteroatoms. The minimum atomic E-state index is 0.465. The topological polar surface area (TPSA) is 3.24 Å². The first kappa shape index (κ1) is 5.99. The zero-order chi connectivity index (χ0) is 6.27. The number of fused-ring (bicyclic) bond motifs is 3. The predicted molar refractivity (Wildman–Crippen MR) is 38.8 cm³/mol. The molecular weight excluding hydrogens is 134 g/mol. The molecule has 3 aliphatic rings. The number of rotatable bonds is 0. The monoisotopic (exact) mass is 145 g/mol. The number of piperidine rings is 3. The molecule has 0 amide bonds. The Morgan fingerprint density at radius 3 is 2.11 bits per heavy atom. The maximum Gasteiger partial charge on any atom is 0.0492 e. The van der Waals surface area contributed by atoms with Crippen molar-refractivity contribution in [2.75, 3.05) is 19.6 Å². The van der Waals surface area contributed by atoms with Gasteiger partial charge < -0.3 is 4.90 Å². The van der Waals surface area contributed by atoms with Crippen molar-refractivity contribution in [2.24, 2.45) is 5.92 Å². The van der Waals surface area contributed by atoms with Crippen LogP contribution in [0.1, 0.15) is 12.8 Å². The van der Waals surface area contributed by atoms with Gasteiger partial charge in [0.05, 0.1) is 0 Å². The van der Waals surface area contributed by atoms with Crippen LogP contribution < -0.4 is 0 Å². The molecule has 3 aliphatic heterocycles. The summed E-state index contributed by atoms with van der Waals surface area (Å²) < 4.78 is 0. The fraction of sp³-hybridized carbons (Fsp3) is 1.00. The highest BCUT2D eigenvalue weighted by atomic mass is 35.5. The second-order valence-corrected chi connectivity index (χ2v) is 3.71. The quantitative estimate of drug-likeness (QED) is 0.465. The average Bonchev–Trinajstić information content (AvgIpc) is 1.90. The second kappa shape index (κ2) is 2.14. The van der Waals surface area contributed by atoms with E-state index in [1.807, 2.05) is 0 Å². The summed E-state index contributed by atoms with van der Waals surface area (Å²) in [6.45, 7) is 3.74. The maximum atomic E-state index is 6.07. The van der Waals surface area contributed by atoms with Gasteiger partial charge in [0.15, 0.2) is 0 Å². The first-order valence-corrected chi connectivity index (χ1v) is 4.16. The zero-order valence-electron chi connectivity index (χ0n) is 5.52. The third-order valence-electron chi connectivity index (χ3n) is 2.58. The van der Waals surface area contributed by atoms with Gasteiger partial charge in [-0.2, -0.15) is 0 Å². The third-order valence-corrected chi connectivity index (χ3v) is 3.07. The molecule has 0 spiro atoms. The molecule has 0 unspecified atom stereocenters. The van der Waals surface area contributed by atoms with E-state index in [4.69, 9.17) is 11.6 Å². The van der Waals surface area contributed by atoms with E-state index in [0.29, 0.717) is 5.38 Å². The fourth-order valence-corrected chi connectivity index (χ4v) is 2.34. The van der Waals surface area contributed by atoms with Crippen LogP contribution in [0.2, 0.25) is 0 Å². The smallest absolute Gasteiger partial charge is 0.0492 e. The molecule has 0 aromatic rings. The Kier molecular flexibility index (Phi) is 1.42. The lowest BCUT2D eigenvalue weighted by Crippen LogP contribution is -2.48. The number of hydrogen-bond donors (Lipinski definition) is 0. The van der Waals surface area contributed by atoms with Crippen molar-refractivity contribution in [3.63, 3.8) is 0 Å². The van der Waals surface area contributed by atoms with Gasteiger partial charge in [-0.05, 0) is 31.8 Å². The molecule has 0 N–H and O–H groups in total. The molecule has 9 heavy (non-hydrogen) atoms. The van der Waals surface area contributed by atoms with E-state index in [2.05, 4.69) is 4.90 Å². The fourth-order valence-electron chi connectivity index (χ4n) is 1.89. The predicted octanol–water partition coefficient (Wildman–Crippen LogP) is 1.32. The number of halogens is 1. The highest BCUT2D eigenvalue weighted by Gasteiger charge is 2.32. The molecule has 0 aromatic heterocycles. The van der Waals surface area contributed by atoms with Crippen molar-refractivity contribution in [1.29, 1.82) is 0 Å². The maximum absolute atomic E-state index is 6.07. The number of alkyl halides is 1. The highest BCUT2D eigenvalue weighted by molar-refractivity contribution is 6.21. The van der Waals surface area contributed by atoms with Gasteiger partial charge in [0, 0.05) is 11.9 Å². The molecule has 3 fully saturated rings. The van der Waals surface area contributed by atoms with Crippen LogP contribution in [0.3, 0.4) is 0 Å². The van der Waals surface area contributed by atoms with Crippen molar-refractivity contribution in [1.82, 2.24) is 4.90 Å².